The lowest BCUT2D eigenvalue weighted by Gasteiger charge is -2.16. The number of aryl methyl sites for hydroxylation is 2. The van der Waals surface area contributed by atoms with Gasteiger partial charge in [0.05, 0.1) is 17.3 Å². The van der Waals surface area contributed by atoms with Gasteiger partial charge < -0.3 is 9.84 Å². The molecule has 1 aromatic heterocycles. The van der Waals surface area contributed by atoms with Crippen LogP contribution in [0.25, 0.3) is 0 Å². The van der Waals surface area contributed by atoms with Crippen molar-refractivity contribution in [2.24, 2.45) is 0 Å². The zero-order chi connectivity index (χ0) is 14.9. The topological polar surface area (TPSA) is 38.1 Å². The van der Waals surface area contributed by atoms with Gasteiger partial charge in [-0.3, -0.25) is 0 Å². The molecule has 3 nitrogen and oxygen atoms in total. The largest absolute Gasteiger partial charge is 0.416 e. The number of halogens is 3. The van der Waals surface area contributed by atoms with E-state index in [9.17, 15) is 13.2 Å². The molecule has 0 saturated heterocycles. The zero-order valence-electron chi connectivity index (χ0n) is 11.4. The van der Waals surface area contributed by atoms with E-state index < -0.39 is 11.7 Å². The highest BCUT2D eigenvalue weighted by Gasteiger charge is 2.30. The summed E-state index contributed by atoms with van der Waals surface area (Å²) in [5, 5.41) is 7.00. The molecule has 1 N–H and O–H groups in total. The number of alkyl halides is 3. The number of rotatable bonds is 3. The summed E-state index contributed by atoms with van der Waals surface area (Å²) >= 11 is 0. The molecular weight excluding hydrogens is 269 g/mol. The molecule has 6 heteroatoms. The molecule has 0 amide bonds. The Morgan fingerprint density at radius 3 is 2.20 bits per heavy atom. The van der Waals surface area contributed by atoms with E-state index in [1.54, 1.807) is 6.92 Å². The van der Waals surface area contributed by atoms with Crippen molar-refractivity contribution >= 4 is 5.69 Å². The highest BCUT2D eigenvalue weighted by Crippen LogP contribution is 2.31. The van der Waals surface area contributed by atoms with Gasteiger partial charge in [0.15, 0.2) is 0 Å². The van der Waals surface area contributed by atoms with Gasteiger partial charge in [-0.15, -0.1) is 0 Å². The standard InChI is InChI=1S/C14H15F3N2O/c1-8(13-9(2)19-20-10(13)3)18-12-6-4-11(5-7-12)14(15,16)17/h4-8,18H,1-3H3. The van der Waals surface area contributed by atoms with E-state index in [0.717, 1.165) is 23.4 Å². The molecular formula is C14H15F3N2O. The normalized spacial score (nSPS) is 13.3. The zero-order valence-corrected chi connectivity index (χ0v) is 11.4. The predicted molar refractivity (Wildman–Crippen MR) is 69.5 cm³/mol. The number of hydrogen-bond donors (Lipinski definition) is 1. The molecule has 0 aliphatic carbocycles. The quantitative estimate of drug-likeness (QED) is 0.902. The Morgan fingerprint density at radius 2 is 1.75 bits per heavy atom. The molecule has 0 radical (unpaired) electrons. The van der Waals surface area contributed by atoms with Crippen LogP contribution in [0.3, 0.4) is 0 Å². The van der Waals surface area contributed by atoms with Gasteiger partial charge in [0, 0.05) is 11.3 Å². The molecule has 0 aliphatic heterocycles. The van der Waals surface area contributed by atoms with Gasteiger partial charge in [-0.05, 0) is 45.0 Å². The summed E-state index contributed by atoms with van der Waals surface area (Å²) in [6, 6.07) is 4.85. The van der Waals surface area contributed by atoms with E-state index in [4.69, 9.17) is 4.52 Å². The Kier molecular flexibility index (Phi) is 3.74. The van der Waals surface area contributed by atoms with Crippen LogP contribution in [-0.4, -0.2) is 5.16 Å². The number of aromatic nitrogens is 1. The maximum atomic E-state index is 12.5. The van der Waals surface area contributed by atoms with Gasteiger partial charge in [0.2, 0.25) is 0 Å². The average Bonchev–Trinajstić information content (AvgIpc) is 2.68. The third-order valence-corrected chi connectivity index (χ3v) is 3.12. The summed E-state index contributed by atoms with van der Waals surface area (Å²) in [4.78, 5) is 0. The van der Waals surface area contributed by atoms with E-state index >= 15 is 0 Å². The number of anilines is 1. The number of nitrogens with one attached hydrogen (secondary N) is 1. The molecule has 1 aromatic carbocycles. The SMILES string of the molecule is Cc1noc(C)c1C(C)Nc1ccc(C(F)(F)F)cc1. The minimum absolute atomic E-state index is 0.0991. The Labute approximate surface area is 114 Å². The van der Waals surface area contributed by atoms with Crippen molar-refractivity contribution in [3.8, 4) is 0 Å². The Balaban J connectivity index is 2.15. The van der Waals surface area contributed by atoms with Crippen molar-refractivity contribution in [3.63, 3.8) is 0 Å². The van der Waals surface area contributed by atoms with Gasteiger partial charge in [-0.2, -0.15) is 13.2 Å². The second-order valence-corrected chi connectivity index (χ2v) is 4.68. The third kappa shape index (κ3) is 2.95. The summed E-state index contributed by atoms with van der Waals surface area (Å²) in [6.07, 6.45) is -4.31. The fourth-order valence-corrected chi connectivity index (χ4v) is 2.19. The van der Waals surface area contributed by atoms with Gasteiger partial charge in [-0.25, -0.2) is 0 Å². The van der Waals surface area contributed by atoms with Crippen LogP contribution in [-0.2, 0) is 6.18 Å². The van der Waals surface area contributed by atoms with Crippen molar-refractivity contribution in [2.45, 2.75) is 33.0 Å². The minimum atomic E-state index is -4.31. The van der Waals surface area contributed by atoms with Crippen LogP contribution in [0.1, 0.15) is 35.5 Å². The van der Waals surface area contributed by atoms with Crippen LogP contribution in [0.5, 0.6) is 0 Å². The number of nitrogens with zero attached hydrogens (tertiary/aromatic N) is 1. The maximum absolute atomic E-state index is 12.5. The first kappa shape index (κ1) is 14.4. The van der Waals surface area contributed by atoms with Gasteiger partial charge in [0.25, 0.3) is 0 Å². The summed E-state index contributed by atoms with van der Waals surface area (Å²) in [5.41, 5.74) is 1.65. The molecule has 0 fully saturated rings. The molecule has 2 rings (SSSR count). The van der Waals surface area contributed by atoms with Crippen molar-refractivity contribution in [1.29, 1.82) is 0 Å². The van der Waals surface area contributed by atoms with E-state index in [2.05, 4.69) is 10.5 Å². The molecule has 20 heavy (non-hydrogen) atoms. The molecule has 1 unspecified atom stereocenters. The third-order valence-electron chi connectivity index (χ3n) is 3.12. The molecule has 2 aromatic rings. The van der Waals surface area contributed by atoms with Crippen LogP contribution in [0.4, 0.5) is 18.9 Å². The molecule has 0 spiro atoms. The van der Waals surface area contributed by atoms with Crippen LogP contribution in [0, 0.1) is 13.8 Å². The predicted octanol–water partition coefficient (Wildman–Crippen LogP) is 4.48. The van der Waals surface area contributed by atoms with Gasteiger partial charge >= 0.3 is 6.18 Å². The molecule has 1 heterocycles. The number of hydrogen-bond acceptors (Lipinski definition) is 3. The summed E-state index contributed by atoms with van der Waals surface area (Å²) in [7, 11) is 0. The second-order valence-electron chi connectivity index (χ2n) is 4.68. The molecule has 1 atom stereocenters. The van der Waals surface area contributed by atoms with Crippen LogP contribution in [0.15, 0.2) is 28.8 Å². The molecule has 0 saturated carbocycles. The van der Waals surface area contributed by atoms with Crippen molar-refractivity contribution in [1.82, 2.24) is 5.16 Å². The monoisotopic (exact) mass is 284 g/mol. The lowest BCUT2D eigenvalue weighted by atomic mass is 10.1. The Morgan fingerprint density at radius 1 is 1.15 bits per heavy atom. The molecule has 0 aliphatic rings. The maximum Gasteiger partial charge on any atom is 0.416 e. The van der Waals surface area contributed by atoms with Crippen LogP contribution in [0.2, 0.25) is 0 Å². The van der Waals surface area contributed by atoms with E-state index in [1.807, 2.05) is 13.8 Å². The lowest BCUT2D eigenvalue weighted by molar-refractivity contribution is -0.137. The van der Waals surface area contributed by atoms with E-state index in [0.29, 0.717) is 11.4 Å². The summed E-state index contributed by atoms with van der Waals surface area (Å²) in [6.45, 7) is 5.54. The van der Waals surface area contributed by atoms with Crippen LogP contribution < -0.4 is 5.32 Å². The van der Waals surface area contributed by atoms with Crippen LogP contribution >= 0.6 is 0 Å². The fraction of sp³-hybridized carbons (Fsp3) is 0.357. The van der Waals surface area contributed by atoms with Gasteiger partial charge in [0.1, 0.15) is 5.76 Å². The molecule has 0 bridgehead atoms. The smallest absolute Gasteiger partial charge is 0.378 e. The minimum Gasteiger partial charge on any atom is -0.378 e. The summed E-state index contributed by atoms with van der Waals surface area (Å²) in [5.74, 6) is 0.703. The van der Waals surface area contributed by atoms with Gasteiger partial charge in [-0.1, -0.05) is 5.16 Å². The second kappa shape index (κ2) is 5.19. The van der Waals surface area contributed by atoms with Crippen molar-refractivity contribution in [2.75, 3.05) is 5.32 Å². The van der Waals surface area contributed by atoms with Crippen molar-refractivity contribution < 1.29 is 17.7 Å². The molecule has 108 valence electrons. The highest BCUT2D eigenvalue weighted by molar-refractivity contribution is 5.47. The summed E-state index contributed by atoms with van der Waals surface area (Å²) < 4.78 is 42.5. The highest BCUT2D eigenvalue weighted by atomic mass is 19.4. The Hall–Kier alpha value is -1.98. The first-order valence-electron chi connectivity index (χ1n) is 6.15. The van der Waals surface area contributed by atoms with E-state index in [1.165, 1.54) is 12.1 Å². The lowest BCUT2D eigenvalue weighted by Crippen LogP contribution is -2.09. The number of benzene rings is 1. The fourth-order valence-electron chi connectivity index (χ4n) is 2.19. The van der Waals surface area contributed by atoms with Crippen molar-refractivity contribution in [3.05, 3.63) is 46.8 Å². The van der Waals surface area contributed by atoms with E-state index in [-0.39, 0.29) is 6.04 Å². The Bertz CT molecular complexity index is 568. The first-order valence-corrected chi connectivity index (χ1v) is 6.15. The average molecular weight is 284 g/mol. The first-order chi connectivity index (χ1) is 9.29.